The van der Waals surface area contributed by atoms with Crippen molar-refractivity contribution < 1.29 is 18.0 Å². The van der Waals surface area contributed by atoms with E-state index in [1.54, 1.807) is 17.4 Å². The molecule has 1 aliphatic rings. The molecule has 2 unspecified atom stereocenters. The van der Waals surface area contributed by atoms with Crippen LogP contribution in [0, 0.1) is 5.92 Å². The predicted octanol–water partition coefficient (Wildman–Crippen LogP) is 2.24. The lowest BCUT2D eigenvalue weighted by atomic mass is 9.92. The summed E-state index contributed by atoms with van der Waals surface area (Å²) in [6, 6.07) is 3.57. The first-order chi connectivity index (χ1) is 12.5. The molecule has 7 nitrogen and oxygen atoms in total. The van der Waals surface area contributed by atoms with Gasteiger partial charge in [-0.1, -0.05) is 12.1 Å². The molecule has 9 heteroatoms. The van der Waals surface area contributed by atoms with E-state index in [1.807, 2.05) is 23.8 Å². The molecule has 138 valence electrons. The lowest BCUT2D eigenvalue weighted by Gasteiger charge is -2.16. The van der Waals surface area contributed by atoms with Gasteiger partial charge < -0.3 is 9.63 Å². The van der Waals surface area contributed by atoms with Crippen LogP contribution in [0.3, 0.4) is 0 Å². The Balaban J connectivity index is 1.68. The lowest BCUT2D eigenvalue weighted by molar-refractivity contribution is 0.223. The van der Waals surface area contributed by atoms with E-state index in [0.29, 0.717) is 36.3 Å². The minimum Gasteiger partial charge on any atom is -0.396 e. The van der Waals surface area contributed by atoms with Crippen molar-refractivity contribution in [2.75, 3.05) is 19.7 Å². The fraction of sp³-hybridized carbons (Fsp3) is 0.412. The second-order valence-corrected chi connectivity index (χ2v) is 9.15. The van der Waals surface area contributed by atoms with Gasteiger partial charge >= 0.3 is 0 Å². The number of hydrogen-bond acceptors (Lipinski definition) is 7. The summed E-state index contributed by atoms with van der Waals surface area (Å²) in [6.07, 6.45) is 1.95. The van der Waals surface area contributed by atoms with Gasteiger partial charge in [-0.05, 0) is 34.9 Å². The summed E-state index contributed by atoms with van der Waals surface area (Å²) in [4.78, 5) is 4.24. The van der Waals surface area contributed by atoms with E-state index in [1.165, 1.54) is 10.5 Å². The number of fused-ring (bicyclic) bond motifs is 1. The molecule has 1 aliphatic heterocycles. The molecule has 0 aromatic carbocycles. The Morgan fingerprint density at radius 3 is 2.96 bits per heavy atom. The quantitative estimate of drug-likeness (QED) is 0.714. The molecule has 0 amide bonds. The van der Waals surface area contributed by atoms with Gasteiger partial charge in [0.2, 0.25) is 10.0 Å². The Kier molecular flexibility index (Phi) is 4.55. The summed E-state index contributed by atoms with van der Waals surface area (Å²) in [5, 5.41) is 18.3. The largest absolute Gasteiger partial charge is 0.396 e. The van der Waals surface area contributed by atoms with Crippen molar-refractivity contribution >= 4 is 32.5 Å². The van der Waals surface area contributed by atoms with Crippen LogP contribution in [0.15, 0.2) is 38.5 Å². The Morgan fingerprint density at radius 1 is 1.42 bits per heavy atom. The van der Waals surface area contributed by atoms with Crippen LogP contribution in [0.2, 0.25) is 0 Å². The Hall–Kier alpha value is -1.81. The van der Waals surface area contributed by atoms with Gasteiger partial charge in [-0.3, -0.25) is 0 Å². The van der Waals surface area contributed by atoms with Crippen LogP contribution in [0.25, 0.3) is 11.1 Å². The highest BCUT2D eigenvalue weighted by Gasteiger charge is 2.40. The number of aliphatic hydroxyl groups excluding tert-OH is 1. The number of aryl methyl sites for hydroxylation is 1. The fourth-order valence-corrected chi connectivity index (χ4v) is 5.70. The van der Waals surface area contributed by atoms with Crippen molar-refractivity contribution in [1.29, 1.82) is 0 Å². The van der Waals surface area contributed by atoms with Gasteiger partial charge in [0.25, 0.3) is 5.71 Å². The molecule has 4 rings (SSSR count). The van der Waals surface area contributed by atoms with E-state index in [0.717, 1.165) is 5.56 Å². The number of aliphatic hydroxyl groups is 1. The third kappa shape index (κ3) is 2.84. The van der Waals surface area contributed by atoms with Crippen molar-refractivity contribution in [3.8, 4) is 0 Å². The molecule has 26 heavy (non-hydrogen) atoms. The number of hydrogen-bond donors (Lipinski definition) is 1. The predicted molar refractivity (Wildman–Crippen MR) is 97.6 cm³/mol. The third-order valence-electron chi connectivity index (χ3n) is 4.97. The summed E-state index contributed by atoms with van der Waals surface area (Å²) in [7, 11) is -3.71. The van der Waals surface area contributed by atoms with Crippen molar-refractivity contribution in [3.63, 3.8) is 0 Å². The third-order valence-corrected chi connectivity index (χ3v) is 7.46. The zero-order chi connectivity index (χ0) is 18.3. The van der Waals surface area contributed by atoms with Gasteiger partial charge in [-0.2, -0.15) is 15.6 Å². The van der Waals surface area contributed by atoms with Crippen LogP contribution >= 0.6 is 11.3 Å². The van der Waals surface area contributed by atoms with Crippen molar-refractivity contribution in [3.05, 3.63) is 40.3 Å². The van der Waals surface area contributed by atoms with E-state index in [-0.39, 0.29) is 23.3 Å². The molecule has 0 radical (unpaired) electrons. The van der Waals surface area contributed by atoms with Gasteiger partial charge in [-0.25, -0.2) is 13.4 Å². The van der Waals surface area contributed by atoms with Gasteiger partial charge in [0.15, 0.2) is 0 Å². The van der Waals surface area contributed by atoms with Crippen LogP contribution in [0.1, 0.15) is 24.1 Å². The maximum absolute atomic E-state index is 13.1. The minimum atomic E-state index is -3.71. The van der Waals surface area contributed by atoms with Gasteiger partial charge in [0.1, 0.15) is 4.90 Å². The first-order valence-electron chi connectivity index (χ1n) is 8.42. The number of pyridine rings is 1. The van der Waals surface area contributed by atoms with E-state index < -0.39 is 10.0 Å². The lowest BCUT2D eigenvalue weighted by Crippen LogP contribution is -2.29. The highest BCUT2D eigenvalue weighted by Crippen LogP contribution is 2.36. The maximum Gasteiger partial charge on any atom is 0.258 e. The molecule has 2 atom stereocenters. The fourth-order valence-electron chi connectivity index (χ4n) is 3.48. The Morgan fingerprint density at radius 2 is 2.27 bits per heavy atom. The standard InChI is InChI=1S/C17H19N3O4S2/c1-2-16-14-5-13(6-18-17(14)24-19-16)26(22,23)20-7-12(9-21)15(8-20)11-3-4-25-10-11/h3-6,10,12,15,21H,2,7-9H2,1H3. The van der Waals surface area contributed by atoms with Crippen LogP contribution in [0.4, 0.5) is 0 Å². The van der Waals surface area contributed by atoms with E-state index >= 15 is 0 Å². The molecule has 0 spiro atoms. The normalized spacial score (nSPS) is 21.6. The second-order valence-electron chi connectivity index (χ2n) is 6.43. The van der Waals surface area contributed by atoms with E-state index in [9.17, 15) is 13.5 Å². The summed E-state index contributed by atoms with van der Waals surface area (Å²) in [5.41, 5.74) is 2.11. The monoisotopic (exact) mass is 393 g/mol. The SMILES string of the molecule is CCc1noc2ncc(S(=O)(=O)N3CC(CO)C(c4ccsc4)C3)cc12. The molecule has 3 aromatic rings. The molecule has 0 aliphatic carbocycles. The number of aromatic nitrogens is 2. The van der Waals surface area contributed by atoms with Crippen molar-refractivity contribution in [2.45, 2.75) is 24.2 Å². The molecular formula is C17H19N3O4S2. The zero-order valence-corrected chi connectivity index (χ0v) is 15.8. The van der Waals surface area contributed by atoms with Gasteiger partial charge in [0, 0.05) is 31.5 Å². The van der Waals surface area contributed by atoms with Gasteiger partial charge in [0.05, 0.1) is 17.3 Å². The number of sulfonamides is 1. The zero-order valence-electron chi connectivity index (χ0n) is 14.2. The molecule has 4 heterocycles. The molecule has 0 saturated carbocycles. The minimum absolute atomic E-state index is 0.000454. The van der Waals surface area contributed by atoms with Crippen LogP contribution in [-0.2, 0) is 16.4 Å². The number of thiophene rings is 1. The second kappa shape index (κ2) is 6.73. The number of nitrogens with zero attached hydrogens (tertiary/aromatic N) is 3. The van der Waals surface area contributed by atoms with E-state index in [2.05, 4.69) is 10.1 Å². The maximum atomic E-state index is 13.1. The highest BCUT2D eigenvalue weighted by atomic mass is 32.2. The molecule has 3 aromatic heterocycles. The average molecular weight is 393 g/mol. The molecule has 1 saturated heterocycles. The smallest absolute Gasteiger partial charge is 0.258 e. The Bertz CT molecular complexity index is 1010. The molecular weight excluding hydrogens is 374 g/mol. The summed E-state index contributed by atoms with van der Waals surface area (Å²) < 4.78 is 32.8. The molecule has 1 fully saturated rings. The summed E-state index contributed by atoms with van der Waals surface area (Å²) in [5.74, 6) is -0.114. The molecule has 0 bridgehead atoms. The van der Waals surface area contributed by atoms with Crippen molar-refractivity contribution in [1.82, 2.24) is 14.4 Å². The number of rotatable bonds is 5. The average Bonchev–Trinajstić information content (AvgIpc) is 3.38. The summed E-state index contributed by atoms with van der Waals surface area (Å²) in [6.45, 7) is 2.53. The highest BCUT2D eigenvalue weighted by molar-refractivity contribution is 7.89. The van der Waals surface area contributed by atoms with Crippen LogP contribution in [-0.4, -0.2) is 47.7 Å². The van der Waals surface area contributed by atoms with Crippen LogP contribution < -0.4 is 0 Å². The van der Waals surface area contributed by atoms with Gasteiger partial charge in [-0.15, -0.1) is 0 Å². The summed E-state index contributed by atoms with van der Waals surface area (Å²) >= 11 is 1.57. The van der Waals surface area contributed by atoms with Crippen LogP contribution in [0.5, 0.6) is 0 Å². The first-order valence-corrected chi connectivity index (χ1v) is 10.8. The van der Waals surface area contributed by atoms with Crippen molar-refractivity contribution in [2.24, 2.45) is 5.92 Å². The molecule has 1 N–H and O–H groups in total. The first kappa shape index (κ1) is 17.6. The van der Waals surface area contributed by atoms with E-state index in [4.69, 9.17) is 4.52 Å². The topological polar surface area (TPSA) is 96.5 Å². The Labute approximate surface area is 155 Å².